The highest BCUT2D eigenvalue weighted by atomic mass is 16.5. The highest BCUT2D eigenvalue weighted by Crippen LogP contribution is 2.08. The molecular formula is C19H38O4. The summed E-state index contributed by atoms with van der Waals surface area (Å²) in [6.45, 7) is 6.68. The van der Waals surface area contributed by atoms with E-state index in [1.54, 1.807) is 0 Å². The fourth-order valence-corrected chi connectivity index (χ4v) is 2.04. The van der Waals surface area contributed by atoms with Crippen molar-refractivity contribution in [2.24, 2.45) is 0 Å². The van der Waals surface area contributed by atoms with Gasteiger partial charge in [0.15, 0.2) is 0 Å². The van der Waals surface area contributed by atoms with E-state index < -0.39 is 0 Å². The minimum atomic E-state index is -0.307. The van der Waals surface area contributed by atoms with E-state index in [0.717, 1.165) is 38.5 Å². The van der Waals surface area contributed by atoms with Crippen molar-refractivity contribution in [1.82, 2.24) is 0 Å². The first-order valence-electron chi connectivity index (χ1n) is 9.23. The molecule has 0 atom stereocenters. The van der Waals surface area contributed by atoms with Crippen molar-refractivity contribution in [2.45, 2.75) is 84.0 Å². The van der Waals surface area contributed by atoms with E-state index in [-0.39, 0.29) is 19.2 Å². The zero-order chi connectivity index (χ0) is 17.6. The predicted molar refractivity (Wildman–Crippen MR) is 96.4 cm³/mol. The average Bonchev–Trinajstić information content (AvgIpc) is 2.57. The maximum absolute atomic E-state index is 10.7. The SMILES string of the molecule is C=CC(=O)OCCCCCCCCCC.OCCCCCCO. The van der Waals surface area contributed by atoms with Crippen molar-refractivity contribution in [3.63, 3.8) is 0 Å². The van der Waals surface area contributed by atoms with Crippen LogP contribution in [0.25, 0.3) is 0 Å². The van der Waals surface area contributed by atoms with E-state index in [2.05, 4.69) is 13.5 Å². The van der Waals surface area contributed by atoms with Gasteiger partial charge < -0.3 is 14.9 Å². The molecule has 0 aromatic rings. The summed E-state index contributed by atoms with van der Waals surface area (Å²) in [7, 11) is 0. The summed E-state index contributed by atoms with van der Waals surface area (Å²) >= 11 is 0. The Morgan fingerprint density at radius 3 is 1.70 bits per heavy atom. The number of unbranched alkanes of at least 4 members (excludes halogenated alkanes) is 10. The number of rotatable bonds is 15. The molecule has 0 aromatic heterocycles. The number of carbonyl (C=O) groups excluding carboxylic acids is 1. The van der Waals surface area contributed by atoms with Crippen LogP contribution in [0.15, 0.2) is 12.7 Å². The Morgan fingerprint density at radius 1 is 0.826 bits per heavy atom. The third kappa shape index (κ3) is 26.4. The van der Waals surface area contributed by atoms with E-state index in [0.29, 0.717) is 6.61 Å². The highest BCUT2D eigenvalue weighted by molar-refractivity contribution is 5.81. The highest BCUT2D eigenvalue weighted by Gasteiger charge is 1.95. The van der Waals surface area contributed by atoms with Crippen LogP contribution in [0.2, 0.25) is 0 Å². The first-order chi connectivity index (χ1) is 11.2. The smallest absolute Gasteiger partial charge is 0.330 e. The Hall–Kier alpha value is -0.870. The van der Waals surface area contributed by atoms with Gasteiger partial charge in [-0.1, -0.05) is 71.3 Å². The molecule has 138 valence electrons. The van der Waals surface area contributed by atoms with Crippen LogP contribution in [0.1, 0.15) is 84.0 Å². The molecule has 4 nitrogen and oxygen atoms in total. The van der Waals surface area contributed by atoms with Gasteiger partial charge in [0.2, 0.25) is 0 Å². The van der Waals surface area contributed by atoms with Crippen LogP contribution in [-0.4, -0.2) is 36.0 Å². The fraction of sp³-hybridized carbons (Fsp3) is 0.842. The molecule has 0 radical (unpaired) electrons. The van der Waals surface area contributed by atoms with Gasteiger partial charge in [-0.05, 0) is 19.3 Å². The molecule has 23 heavy (non-hydrogen) atoms. The van der Waals surface area contributed by atoms with Crippen LogP contribution in [-0.2, 0) is 9.53 Å². The van der Waals surface area contributed by atoms with Crippen molar-refractivity contribution in [1.29, 1.82) is 0 Å². The lowest BCUT2D eigenvalue weighted by Crippen LogP contribution is -2.01. The number of hydrogen-bond acceptors (Lipinski definition) is 4. The zero-order valence-electron chi connectivity index (χ0n) is 15.1. The molecule has 0 unspecified atom stereocenters. The molecule has 2 N–H and O–H groups in total. The number of esters is 1. The number of hydrogen-bond donors (Lipinski definition) is 2. The molecule has 0 aliphatic heterocycles. The maximum Gasteiger partial charge on any atom is 0.330 e. The normalized spacial score (nSPS) is 9.87. The Morgan fingerprint density at radius 2 is 1.26 bits per heavy atom. The molecule has 0 amide bonds. The van der Waals surface area contributed by atoms with Gasteiger partial charge in [0.25, 0.3) is 0 Å². The summed E-state index contributed by atoms with van der Waals surface area (Å²) in [5.74, 6) is -0.307. The van der Waals surface area contributed by atoms with Crippen molar-refractivity contribution in [3.8, 4) is 0 Å². The maximum atomic E-state index is 10.7. The Balaban J connectivity index is 0. The largest absolute Gasteiger partial charge is 0.463 e. The monoisotopic (exact) mass is 330 g/mol. The quantitative estimate of drug-likeness (QED) is 0.265. The van der Waals surface area contributed by atoms with Crippen LogP contribution >= 0.6 is 0 Å². The van der Waals surface area contributed by atoms with Crippen LogP contribution in [0.3, 0.4) is 0 Å². The van der Waals surface area contributed by atoms with Crippen molar-refractivity contribution in [3.05, 3.63) is 12.7 Å². The van der Waals surface area contributed by atoms with Gasteiger partial charge >= 0.3 is 5.97 Å². The lowest BCUT2D eigenvalue weighted by atomic mass is 10.1. The number of carbonyl (C=O) groups is 1. The predicted octanol–water partition coefficient (Wildman–Crippen LogP) is 4.39. The minimum absolute atomic E-state index is 0.283. The van der Waals surface area contributed by atoms with E-state index in [9.17, 15) is 4.79 Å². The summed E-state index contributed by atoms with van der Waals surface area (Å²) in [6, 6.07) is 0. The first kappa shape index (κ1) is 24.4. The van der Waals surface area contributed by atoms with E-state index >= 15 is 0 Å². The molecule has 0 saturated carbocycles. The summed E-state index contributed by atoms with van der Waals surface area (Å²) in [6.07, 6.45) is 15.1. The van der Waals surface area contributed by atoms with Crippen LogP contribution < -0.4 is 0 Å². The third-order valence-corrected chi connectivity index (χ3v) is 3.48. The van der Waals surface area contributed by atoms with Crippen molar-refractivity contribution >= 4 is 5.97 Å². The first-order valence-corrected chi connectivity index (χ1v) is 9.23. The lowest BCUT2D eigenvalue weighted by Gasteiger charge is -2.02. The molecule has 0 aliphatic rings. The third-order valence-electron chi connectivity index (χ3n) is 3.48. The molecule has 0 bridgehead atoms. The number of ether oxygens (including phenoxy) is 1. The molecule has 0 heterocycles. The second kappa shape index (κ2) is 23.4. The average molecular weight is 331 g/mol. The molecule has 0 saturated heterocycles. The van der Waals surface area contributed by atoms with Gasteiger partial charge in [-0.2, -0.15) is 0 Å². The van der Waals surface area contributed by atoms with Gasteiger partial charge in [-0.3, -0.25) is 0 Å². The minimum Gasteiger partial charge on any atom is -0.463 e. The van der Waals surface area contributed by atoms with Gasteiger partial charge in [0, 0.05) is 19.3 Å². The van der Waals surface area contributed by atoms with Gasteiger partial charge in [-0.15, -0.1) is 0 Å². The standard InChI is InChI=1S/C13H24O2.C6H14O2/c1-3-5-6-7-8-9-10-11-12-15-13(14)4-2;7-5-3-1-2-4-6-8/h4H,2-3,5-12H2,1H3;7-8H,1-6H2. The molecule has 4 heteroatoms. The number of aliphatic hydroxyl groups is 2. The fourth-order valence-electron chi connectivity index (χ4n) is 2.04. The zero-order valence-corrected chi connectivity index (χ0v) is 15.1. The molecule has 0 rings (SSSR count). The van der Waals surface area contributed by atoms with Gasteiger partial charge in [0.05, 0.1) is 6.61 Å². The molecule has 0 aromatic carbocycles. The Kier molecular flexibility index (Phi) is 24.8. The summed E-state index contributed by atoms with van der Waals surface area (Å²) in [5.41, 5.74) is 0. The molecular weight excluding hydrogens is 292 g/mol. The van der Waals surface area contributed by atoms with E-state index in [1.807, 2.05) is 0 Å². The van der Waals surface area contributed by atoms with E-state index in [4.69, 9.17) is 14.9 Å². The molecule has 0 spiro atoms. The molecule has 0 aliphatic carbocycles. The topological polar surface area (TPSA) is 66.8 Å². The van der Waals surface area contributed by atoms with E-state index in [1.165, 1.54) is 44.6 Å². The second-order valence-corrected chi connectivity index (χ2v) is 5.71. The van der Waals surface area contributed by atoms with Crippen molar-refractivity contribution < 1.29 is 19.7 Å². The van der Waals surface area contributed by atoms with Crippen LogP contribution in [0, 0.1) is 0 Å². The molecule has 0 fully saturated rings. The summed E-state index contributed by atoms with van der Waals surface area (Å²) < 4.78 is 4.88. The summed E-state index contributed by atoms with van der Waals surface area (Å²) in [4.78, 5) is 10.7. The van der Waals surface area contributed by atoms with Gasteiger partial charge in [0.1, 0.15) is 0 Å². The second-order valence-electron chi connectivity index (χ2n) is 5.71. The van der Waals surface area contributed by atoms with Gasteiger partial charge in [-0.25, -0.2) is 4.79 Å². The number of aliphatic hydroxyl groups excluding tert-OH is 2. The van der Waals surface area contributed by atoms with Crippen LogP contribution in [0.5, 0.6) is 0 Å². The Labute approximate surface area is 142 Å². The summed E-state index contributed by atoms with van der Waals surface area (Å²) in [5, 5.41) is 16.6. The Bertz CT molecular complexity index is 236. The lowest BCUT2D eigenvalue weighted by molar-refractivity contribution is -0.137. The van der Waals surface area contributed by atoms with Crippen molar-refractivity contribution in [2.75, 3.05) is 19.8 Å². The van der Waals surface area contributed by atoms with Crippen LogP contribution in [0.4, 0.5) is 0 Å².